The predicted octanol–water partition coefficient (Wildman–Crippen LogP) is 6.05. The number of urea groups is 1. The zero-order chi connectivity index (χ0) is 25.5. The molecule has 5 rings (SSSR count). The van der Waals surface area contributed by atoms with Gasteiger partial charge in [-0.05, 0) is 72.9 Å². The van der Waals surface area contributed by atoms with Crippen LogP contribution in [-0.2, 0) is 22.9 Å². The Morgan fingerprint density at radius 2 is 1.67 bits per heavy atom. The summed E-state index contributed by atoms with van der Waals surface area (Å²) in [5.74, 6) is 0.213. The van der Waals surface area contributed by atoms with Gasteiger partial charge in [0.2, 0.25) is 0 Å². The summed E-state index contributed by atoms with van der Waals surface area (Å²) in [5.41, 5.74) is 1.58. The fraction of sp³-hybridized carbons (Fsp3) is 0.259. The average Bonchev–Trinajstić information content (AvgIpc) is 3.51. The molecule has 3 aromatic rings. The summed E-state index contributed by atoms with van der Waals surface area (Å²) < 4.78 is 49.3. The quantitative estimate of drug-likeness (QED) is 0.437. The van der Waals surface area contributed by atoms with Crippen LogP contribution in [-0.4, -0.2) is 25.7 Å². The van der Waals surface area contributed by atoms with E-state index in [9.17, 15) is 22.8 Å². The third-order valence-corrected chi connectivity index (χ3v) is 6.57. The van der Waals surface area contributed by atoms with E-state index in [0.717, 1.165) is 36.1 Å². The smallest absolute Gasteiger partial charge is 0.416 e. The molecule has 186 valence electrons. The Morgan fingerprint density at radius 3 is 2.28 bits per heavy atom. The summed E-state index contributed by atoms with van der Waals surface area (Å²) in [6.07, 6.45) is -2.27. The van der Waals surface area contributed by atoms with Crippen molar-refractivity contribution in [1.82, 2.24) is 5.32 Å². The number of benzene rings is 3. The number of amides is 2. The molecule has 1 aliphatic carbocycles. The van der Waals surface area contributed by atoms with Crippen molar-refractivity contribution in [3.63, 3.8) is 0 Å². The van der Waals surface area contributed by atoms with Gasteiger partial charge < -0.3 is 14.8 Å². The summed E-state index contributed by atoms with van der Waals surface area (Å²) in [7, 11) is 1.32. The molecule has 0 atom stereocenters. The molecule has 0 unspecified atom stereocenters. The van der Waals surface area contributed by atoms with Crippen molar-refractivity contribution in [2.75, 3.05) is 18.6 Å². The Balaban J connectivity index is 1.34. The fourth-order valence-electron chi connectivity index (χ4n) is 4.47. The third kappa shape index (κ3) is 4.48. The van der Waals surface area contributed by atoms with E-state index in [4.69, 9.17) is 9.47 Å². The zero-order valence-electron chi connectivity index (χ0n) is 19.4. The van der Waals surface area contributed by atoms with Crippen molar-refractivity contribution >= 4 is 17.7 Å². The molecule has 1 N–H and O–H groups in total. The highest BCUT2D eigenvalue weighted by Crippen LogP contribution is 2.47. The molecule has 0 spiro atoms. The van der Waals surface area contributed by atoms with E-state index in [2.05, 4.69) is 5.32 Å². The van der Waals surface area contributed by atoms with Crippen LogP contribution in [0.1, 0.15) is 39.9 Å². The van der Waals surface area contributed by atoms with Crippen LogP contribution in [0, 0.1) is 0 Å². The Bertz CT molecular complexity index is 1300. The van der Waals surface area contributed by atoms with Crippen molar-refractivity contribution in [2.45, 2.75) is 31.0 Å². The number of nitrogens with one attached hydrogen (secondary N) is 1. The van der Waals surface area contributed by atoms with E-state index >= 15 is 0 Å². The molecule has 0 bridgehead atoms. The number of alkyl halides is 3. The number of ether oxygens (including phenoxy) is 2. The molecule has 0 saturated heterocycles. The molecule has 1 saturated carbocycles. The van der Waals surface area contributed by atoms with Crippen molar-refractivity contribution < 1.29 is 32.2 Å². The Kier molecular flexibility index (Phi) is 5.86. The number of hydrogen-bond acceptors (Lipinski definition) is 4. The Labute approximate surface area is 205 Å². The van der Waals surface area contributed by atoms with Crippen molar-refractivity contribution in [2.24, 2.45) is 0 Å². The normalized spacial score (nSPS) is 15.7. The van der Waals surface area contributed by atoms with Gasteiger partial charge in [-0.15, -0.1) is 0 Å². The van der Waals surface area contributed by atoms with Gasteiger partial charge in [-0.1, -0.05) is 24.3 Å². The fourth-order valence-corrected chi connectivity index (χ4v) is 4.47. The summed E-state index contributed by atoms with van der Waals surface area (Å²) >= 11 is 0. The molecule has 1 heterocycles. The largest absolute Gasteiger partial charge is 0.465 e. The number of nitrogens with zero attached hydrogens (tertiary/aromatic N) is 1. The predicted molar refractivity (Wildman–Crippen MR) is 126 cm³/mol. The van der Waals surface area contributed by atoms with E-state index < -0.39 is 23.2 Å². The SMILES string of the molecule is COC(=O)c1ccc(C2(NC(=O)N3CCc4cccc(Oc5ccc(C(F)(F)F)cc5)c43)CC2)cc1. The lowest BCUT2D eigenvalue weighted by atomic mass is 10.0. The summed E-state index contributed by atoms with van der Waals surface area (Å²) in [4.78, 5) is 26.7. The maximum atomic E-state index is 13.4. The van der Waals surface area contributed by atoms with Crippen LogP contribution < -0.4 is 15.0 Å². The van der Waals surface area contributed by atoms with Crippen molar-refractivity contribution in [1.29, 1.82) is 0 Å². The van der Waals surface area contributed by atoms with Crippen molar-refractivity contribution in [3.8, 4) is 11.5 Å². The highest BCUT2D eigenvalue weighted by atomic mass is 19.4. The number of carbonyl (C=O) groups is 2. The molecule has 0 aromatic heterocycles. The lowest BCUT2D eigenvalue weighted by Gasteiger charge is -2.25. The number of methoxy groups -OCH3 is 1. The number of carbonyl (C=O) groups excluding carboxylic acids is 2. The third-order valence-electron chi connectivity index (χ3n) is 6.57. The minimum atomic E-state index is -4.43. The highest BCUT2D eigenvalue weighted by molar-refractivity contribution is 5.97. The second-order valence-electron chi connectivity index (χ2n) is 8.87. The van der Waals surface area contributed by atoms with Gasteiger partial charge in [0, 0.05) is 6.54 Å². The van der Waals surface area contributed by atoms with Gasteiger partial charge in [-0.2, -0.15) is 13.2 Å². The molecule has 2 aliphatic rings. The minimum Gasteiger partial charge on any atom is -0.465 e. The Morgan fingerprint density at radius 1 is 0.972 bits per heavy atom. The molecule has 0 radical (unpaired) electrons. The van der Waals surface area contributed by atoms with Crippen LogP contribution >= 0.6 is 0 Å². The Hall–Kier alpha value is -4.01. The standard InChI is InChI=1S/C27H23F3N2O4/c1-35-24(33)18-5-7-19(8-6-18)26(14-15-26)31-25(34)32-16-13-17-3-2-4-22(23(17)32)36-21-11-9-20(10-12-21)27(28,29)30/h2-12H,13-16H2,1H3,(H,31,34). The lowest BCUT2D eigenvalue weighted by Crippen LogP contribution is -2.44. The summed E-state index contributed by atoms with van der Waals surface area (Å²) in [5, 5.41) is 3.13. The van der Waals surface area contributed by atoms with Crippen LogP contribution in [0.5, 0.6) is 11.5 Å². The first-order valence-corrected chi connectivity index (χ1v) is 11.5. The minimum absolute atomic E-state index is 0.244. The summed E-state index contributed by atoms with van der Waals surface area (Å²) in [6, 6.07) is 16.5. The monoisotopic (exact) mass is 496 g/mol. The van der Waals surface area contributed by atoms with Crippen LogP contribution in [0.3, 0.4) is 0 Å². The first-order chi connectivity index (χ1) is 17.2. The molecular formula is C27H23F3N2O4. The number of anilines is 1. The summed E-state index contributed by atoms with van der Waals surface area (Å²) in [6.45, 7) is 0.450. The van der Waals surface area contributed by atoms with E-state index in [1.54, 1.807) is 29.2 Å². The van der Waals surface area contributed by atoms with Crippen LogP contribution in [0.15, 0.2) is 66.7 Å². The van der Waals surface area contributed by atoms with Crippen LogP contribution in [0.25, 0.3) is 0 Å². The van der Waals surface area contributed by atoms with Crippen LogP contribution in [0.4, 0.5) is 23.7 Å². The van der Waals surface area contributed by atoms with Gasteiger partial charge in [0.1, 0.15) is 5.75 Å². The van der Waals surface area contributed by atoms with Gasteiger partial charge in [-0.3, -0.25) is 4.90 Å². The zero-order valence-corrected chi connectivity index (χ0v) is 19.4. The molecule has 9 heteroatoms. The molecule has 36 heavy (non-hydrogen) atoms. The second kappa shape index (κ2) is 8.89. The van der Waals surface area contributed by atoms with Gasteiger partial charge in [-0.25, -0.2) is 9.59 Å². The number of fused-ring (bicyclic) bond motifs is 1. The van der Waals surface area contributed by atoms with Gasteiger partial charge in [0.05, 0.1) is 29.5 Å². The topological polar surface area (TPSA) is 67.9 Å². The molecule has 1 fully saturated rings. The van der Waals surface area contributed by atoms with E-state index in [1.165, 1.54) is 19.2 Å². The number of hydrogen-bond donors (Lipinski definition) is 1. The van der Waals surface area contributed by atoms with Gasteiger partial charge >= 0.3 is 18.2 Å². The lowest BCUT2D eigenvalue weighted by molar-refractivity contribution is -0.137. The molecule has 2 amide bonds. The van der Waals surface area contributed by atoms with Gasteiger partial charge in [0.15, 0.2) is 5.75 Å². The van der Waals surface area contributed by atoms with E-state index in [1.807, 2.05) is 18.2 Å². The number of esters is 1. The van der Waals surface area contributed by atoms with Crippen LogP contribution in [0.2, 0.25) is 0 Å². The number of para-hydroxylation sites is 1. The first-order valence-electron chi connectivity index (χ1n) is 11.5. The number of rotatable bonds is 5. The second-order valence-corrected chi connectivity index (χ2v) is 8.87. The van der Waals surface area contributed by atoms with Crippen molar-refractivity contribution in [3.05, 3.63) is 89.0 Å². The van der Waals surface area contributed by atoms with E-state index in [-0.39, 0.29) is 11.8 Å². The molecule has 1 aliphatic heterocycles. The average molecular weight is 496 g/mol. The molecule has 6 nitrogen and oxygen atoms in total. The van der Waals surface area contributed by atoms with E-state index in [0.29, 0.717) is 30.0 Å². The molecule has 3 aromatic carbocycles. The first kappa shape index (κ1) is 23.7. The molecular weight excluding hydrogens is 473 g/mol. The maximum absolute atomic E-state index is 13.4. The maximum Gasteiger partial charge on any atom is 0.416 e. The van der Waals surface area contributed by atoms with Gasteiger partial charge in [0.25, 0.3) is 0 Å². The highest BCUT2D eigenvalue weighted by Gasteiger charge is 2.47. The number of halogens is 3.